The number of benzene rings is 1. The summed E-state index contributed by atoms with van der Waals surface area (Å²) in [5, 5.41) is 10.8. The van der Waals surface area contributed by atoms with Crippen LogP contribution in [0.1, 0.15) is 45.0 Å². The number of carbonyl (C=O) groups excluding carboxylic acids is 1. The second kappa shape index (κ2) is 10.8. The molecular formula is C14H23NO5. The van der Waals surface area contributed by atoms with Crippen molar-refractivity contribution in [3.63, 3.8) is 0 Å². The van der Waals surface area contributed by atoms with Gasteiger partial charge in [-0.2, -0.15) is 0 Å². The zero-order valence-electron chi connectivity index (χ0n) is 13.1. The van der Waals surface area contributed by atoms with Gasteiger partial charge in [0.1, 0.15) is 0 Å². The minimum atomic E-state index is -0.626. The molecule has 0 unspecified atom stereocenters. The molecule has 0 fully saturated rings. The van der Waals surface area contributed by atoms with Crippen LogP contribution in [-0.4, -0.2) is 24.9 Å². The Morgan fingerprint density at radius 3 is 1.75 bits per heavy atom. The molecule has 0 N–H and O–H groups in total. The first-order chi connectivity index (χ1) is 9.51. The Hall–Kier alpha value is -2.11. The van der Waals surface area contributed by atoms with Gasteiger partial charge in [0.2, 0.25) is 0 Å². The molecule has 1 rings (SSSR count). The molecule has 0 heterocycles. The Bertz CT molecular complexity index is 402. The molecule has 114 valence electrons. The second-order valence-corrected chi connectivity index (χ2v) is 3.04. The molecule has 0 saturated heterocycles. The van der Waals surface area contributed by atoms with Gasteiger partial charge < -0.3 is 9.47 Å². The highest BCUT2D eigenvalue weighted by Gasteiger charge is 2.21. The van der Waals surface area contributed by atoms with Gasteiger partial charge >= 0.3 is 0 Å². The van der Waals surface area contributed by atoms with Crippen molar-refractivity contribution < 1.29 is 19.2 Å². The molecule has 0 aliphatic heterocycles. The van der Waals surface area contributed by atoms with Crippen LogP contribution in [0, 0.1) is 10.1 Å². The molecule has 1 aromatic rings. The zero-order chi connectivity index (χ0) is 16.3. The van der Waals surface area contributed by atoms with Crippen LogP contribution in [-0.2, 0) is 0 Å². The van der Waals surface area contributed by atoms with Crippen molar-refractivity contribution in [2.75, 3.05) is 14.2 Å². The molecule has 0 amide bonds. The molecule has 6 heteroatoms. The summed E-state index contributed by atoms with van der Waals surface area (Å²) in [4.78, 5) is 21.4. The summed E-state index contributed by atoms with van der Waals surface area (Å²) in [5.41, 5.74) is -0.284. The monoisotopic (exact) mass is 285 g/mol. The minimum Gasteiger partial charge on any atom is -0.493 e. The zero-order valence-corrected chi connectivity index (χ0v) is 13.1. The molecule has 6 nitrogen and oxygen atoms in total. The van der Waals surface area contributed by atoms with Gasteiger partial charge in [-0.15, -0.1) is 0 Å². The van der Waals surface area contributed by atoms with E-state index >= 15 is 0 Å². The summed E-state index contributed by atoms with van der Waals surface area (Å²) in [6.45, 7) is 9.26. The highest BCUT2D eigenvalue weighted by Crippen LogP contribution is 2.34. The van der Waals surface area contributed by atoms with Gasteiger partial charge in [-0.3, -0.25) is 14.9 Å². The summed E-state index contributed by atoms with van der Waals surface area (Å²) in [5.74, 6) is 0.116. The van der Waals surface area contributed by atoms with Gasteiger partial charge in [-0.1, -0.05) is 27.7 Å². The third-order valence-electron chi connectivity index (χ3n) is 2.08. The number of hydrogen-bond acceptors (Lipinski definition) is 5. The maximum atomic E-state index is 11.2. The van der Waals surface area contributed by atoms with Crippen LogP contribution in [0.2, 0.25) is 0 Å². The standard InChI is InChI=1S/C10H11NO5.2C2H6/c1-6(12)7-4-9(15-2)10(16-3)5-8(7)11(13)14;2*1-2/h4-5H,1-3H3;2*1-2H3. The molecule has 0 aliphatic rings. The minimum absolute atomic E-state index is 0.00245. The number of rotatable bonds is 4. The smallest absolute Gasteiger partial charge is 0.284 e. The van der Waals surface area contributed by atoms with Crippen LogP contribution < -0.4 is 9.47 Å². The van der Waals surface area contributed by atoms with Crippen LogP contribution in [0.4, 0.5) is 5.69 Å². The number of Topliss-reactive ketones (excluding diaryl/α,β-unsaturated/α-hetero) is 1. The Kier molecular flexibility index (Phi) is 10.9. The molecule has 0 saturated carbocycles. The van der Waals surface area contributed by atoms with Crippen LogP contribution in [0.3, 0.4) is 0 Å². The summed E-state index contributed by atoms with van der Waals surface area (Å²) in [6, 6.07) is 2.48. The maximum Gasteiger partial charge on any atom is 0.284 e. The van der Waals surface area contributed by atoms with Gasteiger partial charge in [0.25, 0.3) is 5.69 Å². The second-order valence-electron chi connectivity index (χ2n) is 3.04. The lowest BCUT2D eigenvalue weighted by Gasteiger charge is -2.08. The van der Waals surface area contributed by atoms with Crippen molar-refractivity contribution in [2.45, 2.75) is 34.6 Å². The van der Waals surface area contributed by atoms with Crippen LogP contribution in [0.25, 0.3) is 0 Å². The number of nitro benzene ring substituents is 1. The number of ketones is 1. The number of nitrogens with zero attached hydrogens (tertiary/aromatic N) is 1. The van der Waals surface area contributed by atoms with Crippen LogP contribution in [0.15, 0.2) is 12.1 Å². The molecule has 0 aliphatic carbocycles. The first-order valence-electron chi connectivity index (χ1n) is 6.42. The van der Waals surface area contributed by atoms with E-state index in [2.05, 4.69) is 0 Å². The fourth-order valence-electron chi connectivity index (χ4n) is 1.30. The SMILES string of the molecule is CC.CC.COc1cc(C(C)=O)c([N+](=O)[O-])cc1OC. The van der Waals surface area contributed by atoms with Crippen LogP contribution in [0.5, 0.6) is 11.5 Å². The number of nitro groups is 1. The van der Waals surface area contributed by atoms with Crippen LogP contribution >= 0.6 is 0 Å². The van der Waals surface area contributed by atoms with E-state index in [1.54, 1.807) is 0 Å². The van der Waals surface area contributed by atoms with Gasteiger partial charge in [0, 0.05) is 6.07 Å². The van der Waals surface area contributed by atoms with E-state index in [-0.39, 0.29) is 17.0 Å². The first-order valence-corrected chi connectivity index (χ1v) is 6.42. The lowest BCUT2D eigenvalue weighted by molar-refractivity contribution is -0.385. The predicted octanol–water partition coefficient (Wildman–Crippen LogP) is 3.87. The van der Waals surface area contributed by atoms with Crippen molar-refractivity contribution in [3.05, 3.63) is 27.8 Å². The predicted molar refractivity (Wildman–Crippen MR) is 78.9 cm³/mol. The molecule has 0 bridgehead atoms. The topological polar surface area (TPSA) is 78.7 Å². The lowest BCUT2D eigenvalue weighted by atomic mass is 10.1. The Labute approximate surface area is 119 Å². The summed E-state index contributed by atoms with van der Waals surface area (Å²) in [7, 11) is 2.77. The number of carbonyl (C=O) groups is 1. The lowest BCUT2D eigenvalue weighted by Crippen LogP contribution is -2.02. The van der Waals surface area contributed by atoms with Gasteiger partial charge in [-0.05, 0) is 6.92 Å². The molecule has 0 spiro atoms. The molecule has 1 aromatic carbocycles. The largest absolute Gasteiger partial charge is 0.493 e. The van der Waals surface area contributed by atoms with Crippen molar-refractivity contribution in [1.29, 1.82) is 0 Å². The number of ether oxygens (including phenoxy) is 2. The fourth-order valence-corrected chi connectivity index (χ4v) is 1.30. The Morgan fingerprint density at radius 2 is 1.45 bits per heavy atom. The van der Waals surface area contributed by atoms with Crippen molar-refractivity contribution >= 4 is 11.5 Å². The van der Waals surface area contributed by atoms with E-state index in [1.807, 2.05) is 27.7 Å². The Balaban J connectivity index is 0. The number of methoxy groups -OCH3 is 2. The van der Waals surface area contributed by atoms with E-state index < -0.39 is 10.7 Å². The number of hydrogen-bond donors (Lipinski definition) is 0. The molecular weight excluding hydrogens is 262 g/mol. The molecule has 0 radical (unpaired) electrons. The summed E-state index contributed by atoms with van der Waals surface area (Å²) >= 11 is 0. The highest BCUT2D eigenvalue weighted by molar-refractivity contribution is 5.98. The van der Waals surface area contributed by atoms with Crippen molar-refractivity contribution in [2.24, 2.45) is 0 Å². The van der Waals surface area contributed by atoms with Gasteiger partial charge in [0.05, 0.1) is 30.8 Å². The van der Waals surface area contributed by atoms with Gasteiger partial charge in [0.15, 0.2) is 17.3 Å². The maximum absolute atomic E-state index is 11.2. The Morgan fingerprint density at radius 1 is 1.05 bits per heavy atom. The average molecular weight is 285 g/mol. The third-order valence-corrected chi connectivity index (χ3v) is 2.08. The van der Waals surface area contributed by atoms with E-state index in [0.29, 0.717) is 5.75 Å². The fraction of sp³-hybridized carbons (Fsp3) is 0.500. The normalized spacial score (nSPS) is 8.35. The average Bonchev–Trinajstić information content (AvgIpc) is 2.49. The molecule has 0 aromatic heterocycles. The van der Waals surface area contributed by atoms with E-state index in [0.717, 1.165) is 0 Å². The van der Waals surface area contributed by atoms with Crippen molar-refractivity contribution in [1.82, 2.24) is 0 Å². The van der Waals surface area contributed by atoms with Crippen molar-refractivity contribution in [3.8, 4) is 11.5 Å². The first kappa shape index (κ1) is 20.2. The van der Waals surface area contributed by atoms with E-state index in [9.17, 15) is 14.9 Å². The highest BCUT2D eigenvalue weighted by atomic mass is 16.6. The van der Waals surface area contributed by atoms with E-state index in [1.165, 1.54) is 33.3 Å². The van der Waals surface area contributed by atoms with E-state index in [4.69, 9.17) is 9.47 Å². The summed E-state index contributed by atoms with van der Waals surface area (Å²) in [6.07, 6.45) is 0. The quantitative estimate of drug-likeness (QED) is 0.476. The van der Waals surface area contributed by atoms with Gasteiger partial charge in [-0.25, -0.2) is 0 Å². The molecule has 0 atom stereocenters. The molecule has 20 heavy (non-hydrogen) atoms. The summed E-state index contributed by atoms with van der Waals surface area (Å²) < 4.78 is 9.88. The third kappa shape index (κ3) is 5.26.